The first-order chi connectivity index (χ1) is 7.11. The van der Waals surface area contributed by atoms with Gasteiger partial charge in [-0.15, -0.1) is 0 Å². The molecule has 1 heterocycles. The Morgan fingerprint density at radius 2 is 1.25 bits per heavy atom. The fraction of sp³-hybridized carbons (Fsp3) is 1.00. The van der Waals surface area contributed by atoms with E-state index in [2.05, 4.69) is 5.32 Å². The number of aliphatic hydroxyl groups is 1. The quantitative estimate of drug-likeness (QED) is 0.674. The fourth-order valence-corrected chi connectivity index (χ4v) is 1.51. The summed E-state index contributed by atoms with van der Waals surface area (Å²) in [6, 6.07) is 0. The Morgan fingerprint density at radius 1 is 0.875 bits per heavy atom. The van der Waals surface area contributed by atoms with Gasteiger partial charge in [-0.3, -0.25) is 4.90 Å². The van der Waals surface area contributed by atoms with E-state index in [-0.39, 0.29) is 18.0 Å². The van der Waals surface area contributed by atoms with Crippen LogP contribution in [0.4, 0.5) is 26.3 Å². The minimum Gasteiger partial charge on any atom is -0.361 e. The van der Waals surface area contributed by atoms with E-state index in [0.717, 1.165) is 0 Å². The van der Waals surface area contributed by atoms with Gasteiger partial charge in [0.25, 0.3) is 0 Å². The molecule has 16 heavy (non-hydrogen) atoms. The summed E-state index contributed by atoms with van der Waals surface area (Å²) < 4.78 is 74.1. The molecule has 1 rings (SSSR count). The SMILES string of the molecule is OC(N1CCNCC1)(C(F)(F)F)C(F)(F)F. The number of hydrogen-bond acceptors (Lipinski definition) is 3. The summed E-state index contributed by atoms with van der Waals surface area (Å²) in [5, 5.41) is 11.6. The molecule has 0 saturated carbocycles. The summed E-state index contributed by atoms with van der Waals surface area (Å²) in [4.78, 5) is -0.0104. The van der Waals surface area contributed by atoms with Gasteiger partial charge in [0.1, 0.15) is 0 Å². The van der Waals surface area contributed by atoms with E-state index in [0.29, 0.717) is 0 Å². The highest BCUT2D eigenvalue weighted by atomic mass is 19.4. The molecule has 0 amide bonds. The first-order valence-electron chi connectivity index (χ1n) is 4.42. The number of rotatable bonds is 1. The third-order valence-corrected chi connectivity index (χ3v) is 2.37. The van der Waals surface area contributed by atoms with E-state index in [1.165, 1.54) is 0 Å². The maximum absolute atomic E-state index is 12.4. The van der Waals surface area contributed by atoms with Crippen LogP contribution < -0.4 is 5.32 Å². The molecular formula is C7H10F6N2O. The largest absolute Gasteiger partial charge is 0.440 e. The number of nitrogens with zero attached hydrogens (tertiary/aromatic N) is 1. The van der Waals surface area contributed by atoms with Gasteiger partial charge in [0.05, 0.1) is 0 Å². The first-order valence-corrected chi connectivity index (χ1v) is 4.42. The summed E-state index contributed by atoms with van der Waals surface area (Å²) in [7, 11) is 0. The predicted molar refractivity (Wildman–Crippen MR) is 41.5 cm³/mol. The highest BCUT2D eigenvalue weighted by Gasteiger charge is 2.73. The molecule has 1 saturated heterocycles. The van der Waals surface area contributed by atoms with E-state index in [1.54, 1.807) is 0 Å². The fourth-order valence-electron chi connectivity index (χ4n) is 1.51. The van der Waals surface area contributed by atoms with Crippen molar-refractivity contribution in [2.24, 2.45) is 0 Å². The molecule has 0 atom stereocenters. The second-order valence-electron chi connectivity index (χ2n) is 3.40. The van der Waals surface area contributed by atoms with Gasteiger partial charge in [-0.2, -0.15) is 26.3 Å². The standard InChI is InChI=1S/C7H10F6N2O/c8-6(9,10)5(16,7(11,12)13)15-3-1-14-2-4-15/h14,16H,1-4H2. The Hall–Kier alpha value is -0.540. The average Bonchev–Trinajstić information content (AvgIpc) is 2.14. The minimum absolute atomic E-state index is 0.0104. The van der Waals surface area contributed by atoms with Crippen molar-refractivity contribution in [1.82, 2.24) is 10.2 Å². The number of alkyl halides is 6. The topological polar surface area (TPSA) is 35.5 Å². The lowest BCUT2D eigenvalue weighted by Gasteiger charge is -2.43. The lowest BCUT2D eigenvalue weighted by atomic mass is 10.1. The highest BCUT2D eigenvalue weighted by molar-refractivity contribution is 4.95. The number of hydrogen-bond donors (Lipinski definition) is 2. The molecule has 2 N–H and O–H groups in total. The summed E-state index contributed by atoms with van der Waals surface area (Å²) in [5.74, 6) is 0. The van der Waals surface area contributed by atoms with Gasteiger partial charge in [-0.05, 0) is 0 Å². The van der Waals surface area contributed by atoms with Gasteiger partial charge in [0.2, 0.25) is 0 Å². The van der Waals surface area contributed by atoms with Crippen molar-refractivity contribution in [3.63, 3.8) is 0 Å². The van der Waals surface area contributed by atoms with E-state index >= 15 is 0 Å². The zero-order valence-electron chi connectivity index (χ0n) is 7.99. The molecular weight excluding hydrogens is 242 g/mol. The zero-order chi connectivity index (χ0) is 12.6. The molecule has 0 aromatic carbocycles. The van der Waals surface area contributed by atoms with Crippen LogP contribution in [0.5, 0.6) is 0 Å². The van der Waals surface area contributed by atoms with Crippen molar-refractivity contribution in [1.29, 1.82) is 0 Å². The van der Waals surface area contributed by atoms with Gasteiger partial charge >= 0.3 is 18.1 Å². The van der Waals surface area contributed by atoms with Gasteiger partial charge in [-0.25, -0.2) is 0 Å². The molecule has 1 aliphatic rings. The molecule has 0 bridgehead atoms. The van der Waals surface area contributed by atoms with Crippen molar-refractivity contribution >= 4 is 0 Å². The van der Waals surface area contributed by atoms with Crippen molar-refractivity contribution in [3.8, 4) is 0 Å². The minimum atomic E-state index is -5.78. The van der Waals surface area contributed by atoms with E-state index in [4.69, 9.17) is 5.11 Å². The van der Waals surface area contributed by atoms with Crippen LogP contribution in [0.15, 0.2) is 0 Å². The van der Waals surface area contributed by atoms with Crippen LogP contribution in [-0.2, 0) is 0 Å². The highest BCUT2D eigenvalue weighted by Crippen LogP contribution is 2.45. The summed E-state index contributed by atoms with van der Waals surface area (Å²) in [6.07, 6.45) is -11.6. The first kappa shape index (κ1) is 13.5. The second kappa shape index (κ2) is 4.04. The zero-order valence-corrected chi connectivity index (χ0v) is 7.99. The Labute approximate surface area is 87.0 Å². The molecule has 0 aromatic heterocycles. The monoisotopic (exact) mass is 252 g/mol. The van der Waals surface area contributed by atoms with Crippen LogP contribution in [0.2, 0.25) is 0 Å². The van der Waals surface area contributed by atoms with Gasteiger partial charge in [0, 0.05) is 26.2 Å². The molecule has 0 spiro atoms. The van der Waals surface area contributed by atoms with E-state index in [1.807, 2.05) is 0 Å². The molecule has 96 valence electrons. The molecule has 0 radical (unpaired) electrons. The Morgan fingerprint density at radius 3 is 1.56 bits per heavy atom. The summed E-state index contributed by atoms with van der Waals surface area (Å²) in [5.41, 5.74) is -4.76. The van der Waals surface area contributed by atoms with Crippen molar-refractivity contribution < 1.29 is 31.4 Å². The number of halogens is 6. The summed E-state index contributed by atoms with van der Waals surface area (Å²) in [6.45, 7) is -1.10. The third kappa shape index (κ3) is 2.11. The Kier molecular flexibility index (Phi) is 3.42. The van der Waals surface area contributed by atoms with Gasteiger partial charge < -0.3 is 10.4 Å². The Bertz CT molecular complexity index is 230. The third-order valence-electron chi connectivity index (χ3n) is 2.37. The van der Waals surface area contributed by atoms with E-state index < -0.39 is 31.2 Å². The van der Waals surface area contributed by atoms with Crippen LogP contribution in [0.1, 0.15) is 0 Å². The molecule has 0 unspecified atom stereocenters. The average molecular weight is 252 g/mol. The molecule has 0 aliphatic carbocycles. The molecule has 1 fully saturated rings. The van der Waals surface area contributed by atoms with Crippen LogP contribution in [0.3, 0.4) is 0 Å². The van der Waals surface area contributed by atoms with Gasteiger partial charge in [-0.1, -0.05) is 0 Å². The van der Waals surface area contributed by atoms with Crippen LogP contribution in [-0.4, -0.2) is 54.3 Å². The van der Waals surface area contributed by atoms with Gasteiger partial charge in [0.15, 0.2) is 0 Å². The number of piperazine rings is 1. The van der Waals surface area contributed by atoms with Crippen molar-refractivity contribution in [2.75, 3.05) is 26.2 Å². The lowest BCUT2D eigenvalue weighted by molar-refractivity contribution is -0.416. The molecule has 9 heteroatoms. The van der Waals surface area contributed by atoms with Crippen LogP contribution in [0, 0.1) is 0 Å². The smallest absolute Gasteiger partial charge is 0.361 e. The van der Waals surface area contributed by atoms with Crippen LogP contribution >= 0.6 is 0 Å². The predicted octanol–water partition coefficient (Wildman–Crippen LogP) is 0.705. The van der Waals surface area contributed by atoms with E-state index in [9.17, 15) is 26.3 Å². The maximum Gasteiger partial charge on any atom is 0.440 e. The van der Waals surface area contributed by atoms with Crippen molar-refractivity contribution in [2.45, 2.75) is 18.1 Å². The Balaban J connectivity index is 3.04. The molecule has 0 aromatic rings. The van der Waals surface area contributed by atoms with Crippen molar-refractivity contribution in [3.05, 3.63) is 0 Å². The summed E-state index contributed by atoms with van der Waals surface area (Å²) >= 11 is 0. The second-order valence-corrected chi connectivity index (χ2v) is 3.40. The normalized spacial score (nSPS) is 21.2. The molecule has 3 nitrogen and oxygen atoms in total. The molecule has 1 aliphatic heterocycles. The number of nitrogens with one attached hydrogen (secondary N) is 1. The maximum atomic E-state index is 12.4. The lowest BCUT2D eigenvalue weighted by Crippen LogP contribution is -2.70. The van der Waals surface area contributed by atoms with Crippen LogP contribution in [0.25, 0.3) is 0 Å².